The zero-order valence-corrected chi connectivity index (χ0v) is 13.0. The van der Waals surface area contributed by atoms with Crippen molar-refractivity contribution in [1.29, 1.82) is 0 Å². The van der Waals surface area contributed by atoms with Gasteiger partial charge in [0.2, 0.25) is 0 Å². The molecule has 2 amide bonds. The van der Waals surface area contributed by atoms with Crippen molar-refractivity contribution in [3.8, 4) is 0 Å². The highest BCUT2D eigenvalue weighted by atomic mass is 35.5. The van der Waals surface area contributed by atoms with E-state index in [1.165, 1.54) is 6.08 Å². The van der Waals surface area contributed by atoms with Gasteiger partial charge in [0.05, 0.1) is 0 Å². The van der Waals surface area contributed by atoms with Crippen molar-refractivity contribution in [2.75, 3.05) is 19.7 Å². The van der Waals surface area contributed by atoms with Crippen LogP contribution >= 0.6 is 11.6 Å². The van der Waals surface area contributed by atoms with Crippen LogP contribution in [0.25, 0.3) is 0 Å². The van der Waals surface area contributed by atoms with Gasteiger partial charge >= 0.3 is 6.09 Å². The largest absolute Gasteiger partial charge is 0.445 e. The maximum Gasteiger partial charge on any atom is 0.410 e. The Morgan fingerprint density at radius 2 is 1.95 bits per heavy atom. The van der Waals surface area contributed by atoms with E-state index in [0.29, 0.717) is 36.5 Å². The van der Waals surface area contributed by atoms with Crippen molar-refractivity contribution < 1.29 is 14.3 Å². The number of piperidine rings is 1. The number of carbonyl (C=O) groups excluding carboxylic acids is 2. The van der Waals surface area contributed by atoms with Gasteiger partial charge in [-0.1, -0.05) is 24.3 Å². The van der Waals surface area contributed by atoms with Crippen LogP contribution in [0.2, 0.25) is 5.02 Å². The maximum absolute atomic E-state index is 12.1. The molecule has 1 heterocycles. The second-order valence-corrected chi connectivity index (χ2v) is 5.54. The molecule has 118 valence electrons. The molecule has 1 fully saturated rings. The van der Waals surface area contributed by atoms with Gasteiger partial charge in [0.1, 0.15) is 6.61 Å². The number of halogens is 1. The minimum atomic E-state index is -0.331. The zero-order chi connectivity index (χ0) is 15.9. The quantitative estimate of drug-likeness (QED) is 0.867. The van der Waals surface area contributed by atoms with Crippen molar-refractivity contribution in [2.24, 2.45) is 0 Å². The third kappa shape index (κ3) is 4.49. The number of benzene rings is 1. The van der Waals surface area contributed by atoms with E-state index in [-0.39, 0.29) is 24.6 Å². The number of likely N-dealkylation sites (tertiary alicyclic amines) is 1. The highest BCUT2D eigenvalue weighted by Gasteiger charge is 2.24. The molecular weight excluding hydrogens is 304 g/mol. The molecule has 1 N–H and O–H groups in total. The topological polar surface area (TPSA) is 58.6 Å². The van der Waals surface area contributed by atoms with E-state index in [1.54, 1.807) is 29.2 Å². The van der Waals surface area contributed by atoms with Gasteiger partial charge in [-0.15, -0.1) is 0 Å². The van der Waals surface area contributed by atoms with E-state index >= 15 is 0 Å². The molecule has 22 heavy (non-hydrogen) atoms. The third-order valence-corrected chi connectivity index (χ3v) is 3.77. The molecule has 0 radical (unpaired) electrons. The molecule has 2 rings (SSSR count). The van der Waals surface area contributed by atoms with E-state index in [4.69, 9.17) is 16.3 Å². The first-order valence-electron chi connectivity index (χ1n) is 7.19. The Bertz CT molecular complexity index is 537. The Labute approximate surface area is 134 Å². The summed E-state index contributed by atoms with van der Waals surface area (Å²) >= 11 is 5.80. The number of nitrogens with zero attached hydrogens (tertiary/aromatic N) is 1. The van der Waals surface area contributed by atoms with Crippen LogP contribution in [0.3, 0.4) is 0 Å². The van der Waals surface area contributed by atoms with E-state index in [2.05, 4.69) is 11.9 Å². The normalized spacial score (nSPS) is 15.2. The summed E-state index contributed by atoms with van der Waals surface area (Å²) in [6.07, 6.45) is 2.63. The Balaban J connectivity index is 1.79. The number of hydrogen-bond donors (Lipinski definition) is 1. The predicted molar refractivity (Wildman–Crippen MR) is 85.1 cm³/mol. The van der Waals surface area contributed by atoms with Gasteiger partial charge in [0.25, 0.3) is 5.91 Å². The molecule has 0 atom stereocenters. The van der Waals surface area contributed by atoms with Gasteiger partial charge in [0, 0.05) is 29.7 Å². The smallest absolute Gasteiger partial charge is 0.410 e. The molecule has 1 aromatic carbocycles. The summed E-state index contributed by atoms with van der Waals surface area (Å²) in [5, 5.41) is 3.58. The fourth-order valence-electron chi connectivity index (χ4n) is 2.30. The van der Waals surface area contributed by atoms with Crippen LogP contribution in [0.5, 0.6) is 0 Å². The second-order valence-electron chi connectivity index (χ2n) is 5.11. The molecule has 0 bridgehead atoms. The van der Waals surface area contributed by atoms with E-state index < -0.39 is 0 Å². The van der Waals surface area contributed by atoms with Crippen LogP contribution in [0.15, 0.2) is 36.9 Å². The number of hydrogen-bond acceptors (Lipinski definition) is 3. The molecule has 0 unspecified atom stereocenters. The highest BCUT2D eigenvalue weighted by Crippen LogP contribution is 2.14. The van der Waals surface area contributed by atoms with Gasteiger partial charge in [-0.05, 0) is 37.1 Å². The third-order valence-electron chi connectivity index (χ3n) is 3.52. The van der Waals surface area contributed by atoms with Crippen LogP contribution in [-0.2, 0) is 4.74 Å². The molecule has 0 spiro atoms. The first-order valence-corrected chi connectivity index (χ1v) is 7.57. The molecular formula is C16H19ClN2O3. The monoisotopic (exact) mass is 322 g/mol. The Hall–Kier alpha value is -2.01. The summed E-state index contributed by atoms with van der Waals surface area (Å²) < 4.78 is 5.00. The van der Waals surface area contributed by atoms with Crippen molar-refractivity contribution in [2.45, 2.75) is 18.9 Å². The van der Waals surface area contributed by atoms with Crippen molar-refractivity contribution in [3.63, 3.8) is 0 Å². The van der Waals surface area contributed by atoms with Crippen molar-refractivity contribution >= 4 is 23.6 Å². The summed E-state index contributed by atoms with van der Waals surface area (Å²) in [5.41, 5.74) is 0.581. The average Bonchev–Trinajstić information content (AvgIpc) is 2.54. The highest BCUT2D eigenvalue weighted by molar-refractivity contribution is 6.30. The van der Waals surface area contributed by atoms with Crippen LogP contribution < -0.4 is 5.32 Å². The maximum atomic E-state index is 12.1. The Morgan fingerprint density at radius 1 is 1.32 bits per heavy atom. The van der Waals surface area contributed by atoms with Crippen LogP contribution in [0, 0.1) is 0 Å². The van der Waals surface area contributed by atoms with Gasteiger partial charge < -0.3 is 15.0 Å². The lowest BCUT2D eigenvalue weighted by Crippen LogP contribution is -2.46. The standard InChI is InChI=1S/C16H19ClN2O3/c1-2-11-22-16(21)19-9-7-14(8-10-19)18-15(20)12-3-5-13(17)6-4-12/h2-6,14H,1,7-11H2,(H,18,20). The van der Waals surface area contributed by atoms with Gasteiger partial charge in [-0.25, -0.2) is 4.79 Å². The molecule has 5 nitrogen and oxygen atoms in total. The molecule has 1 aliphatic heterocycles. The lowest BCUT2D eigenvalue weighted by molar-refractivity contribution is 0.0874. The molecule has 0 saturated carbocycles. The Kier molecular flexibility index (Phi) is 5.83. The van der Waals surface area contributed by atoms with Crippen LogP contribution in [0.1, 0.15) is 23.2 Å². The first kappa shape index (κ1) is 16.4. The molecule has 0 aromatic heterocycles. The predicted octanol–water partition coefficient (Wildman–Crippen LogP) is 2.86. The molecule has 1 aromatic rings. The van der Waals surface area contributed by atoms with Crippen LogP contribution in [0.4, 0.5) is 4.79 Å². The second kappa shape index (κ2) is 7.84. The molecule has 6 heteroatoms. The summed E-state index contributed by atoms with van der Waals surface area (Å²) in [6.45, 7) is 4.86. The number of carbonyl (C=O) groups is 2. The molecule has 0 aliphatic carbocycles. The lowest BCUT2D eigenvalue weighted by Gasteiger charge is -2.31. The van der Waals surface area contributed by atoms with Gasteiger partial charge in [0.15, 0.2) is 0 Å². The van der Waals surface area contributed by atoms with Crippen LogP contribution in [-0.4, -0.2) is 42.6 Å². The van der Waals surface area contributed by atoms with Gasteiger partial charge in [-0.3, -0.25) is 4.79 Å². The summed E-state index contributed by atoms with van der Waals surface area (Å²) in [5.74, 6) is -0.121. The Morgan fingerprint density at radius 3 is 2.55 bits per heavy atom. The summed E-state index contributed by atoms with van der Waals surface area (Å²) in [4.78, 5) is 25.5. The number of ether oxygens (including phenoxy) is 1. The SMILES string of the molecule is C=CCOC(=O)N1CCC(NC(=O)c2ccc(Cl)cc2)CC1. The zero-order valence-electron chi connectivity index (χ0n) is 12.3. The fourth-order valence-corrected chi connectivity index (χ4v) is 2.42. The van der Waals surface area contributed by atoms with E-state index in [9.17, 15) is 9.59 Å². The van der Waals surface area contributed by atoms with Crippen molar-refractivity contribution in [3.05, 3.63) is 47.5 Å². The molecule has 1 aliphatic rings. The summed E-state index contributed by atoms with van der Waals surface area (Å²) in [6, 6.07) is 6.83. The van der Waals surface area contributed by atoms with E-state index in [0.717, 1.165) is 0 Å². The van der Waals surface area contributed by atoms with Gasteiger partial charge in [-0.2, -0.15) is 0 Å². The number of amides is 2. The summed E-state index contributed by atoms with van der Waals surface area (Å²) in [7, 11) is 0. The fraction of sp³-hybridized carbons (Fsp3) is 0.375. The lowest BCUT2D eigenvalue weighted by atomic mass is 10.0. The average molecular weight is 323 g/mol. The van der Waals surface area contributed by atoms with E-state index in [1.807, 2.05) is 0 Å². The first-order chi connectivity index (χ1) is 10.6. The van der Waals surface area contributed by atoms with Crippen molar-refractivity contribution in [1.82, 2.24) is 10.2 Å². The molecule has 1 saturated heterocycles. The minimum Gasteiger partial charge on any atom is -0.445 e. The number of rotatable bonds is 4. The minimum absolute atomic E-state index is 0.0617. The number of nitrogens with one attached hydrogen (secondary N) is 1.